The molecule has 0 bridgehead atoms. The summed E-state index contributed by atoms with van der Waals surface area (Å²) in [5.41, 5.74) is 1.57. The number of non-ortho nitro benzene ring substituents is 1. The van der Waals surface area contributed by atoms with Crippen LogP contribution in [0.5, 0.6) is 5.75 Å². The number of anilines is 1. The van der Waals surface area contributed by atoms with Crippen LogP contribution in [0.25, 0.3) is 5.65 Å². The van der Waals surface area contributed by atoms with E-state index in [9.17, 15) is 14.9 Å². The number of ether oxygens (including phenoxy) is 1. The predicted octanol–water partition coefficient (Wildman–Crippen LogP) is 3.22. The third kappa shape index (κ3) is 3.69. The van der Waals surface area contributed by atoms with E-state index in [0.717, 1.165) is 5.69 Å². The van der Waals surface area contributed by atoms with E-state index in [-0.39, 0.29) is 23.0 Å². The van der Waals surface area contributed by atoms with E-state index in [1.807, 2.05) is 19.3 Å². The molecule has 25 heavy (non-hydrogen) atoms. The van der Waals surface area contributed by atoms with Crippen LogP contribution in [0.15, 0.2) is 42.7 Å². The Hall–Kier alpha value is -3.13. The van der Waals surface area contributed by atoms with Crippen molar-refractivity contribution in [2.75, 3.05) is 11.9 Å². The van der Waals surface area contributed by atoms with Crippen LogP contribution < -0.4 is 10.1 Å². The third-order valence-electron chi connectivity index (χ3n) is 3.36. The van der Waals surface area contributed by atoms with E-state index in [1.165, 1.54) is 18.2 Å². The van der Waals surface area contributed by atoms with Crippen LogP contribution in [0, 0.1) is 17.0 Å². The molecule has 0 unspecified atom stereocenters. The number of aryl methyl sites for hydroxylation is 1. The summed E-state index contributed by atoms with van der Waals surface area (Å²) in [7, 11) is 0. The van der Waals surface area contributed by atoms with Gasteiger partial charge in [-0.1, -0.05) is 11.6 Å². The van der Waals surface area contributed by atoms with Crippen molar-refractivity contribution in [3.05, 3.63) is 63.6 Å². The van der Waals surface area contributed by atoms with Crippen LogP contribution >= 0.6 is 11.6 Å². The number of aromatic nitrogens is 2. The molecule has 0 aliphatic carbocycles. The summed E-state index contributed by atoms with van der Waals surface area (Å²) in [6, 6.07) is 7.31. The van der Waals surface area contributed by atoms with Gasteiger partial charge in [0.1, 0.15) is 0 Å². The van der Waals surface area contributed by atoms with E-state index in [2.05, 4.69) is 10.3 Å². The average Bonchev–Trinajstić information content (AvgIpc) is 2.95. The fraction of sp³-hybridized carbons (Fsp3) is 0.125. The molecule has 2 heterocycles. The monoisotopic (exact) mass is 360 g/mol. The number of carbonyl (C=O) groups excluding carboxylic acids is 1. The minimum atomic E-state index is -0.562. The Labute approximate surface area is 147 Å². The van der Waals surface area contributed by atoms with Crippen molar-refractivity contribution in [1.29, 1.82) is 0 Å². The van der Waals surface area contributed by atoms with E-state index in [1.54, 1.807) is 16.5 Å². The maximum atomic E-state index is 12.0. The molecular formula is C16H13ClN4O4. The van der Waals surface area contributed by atoms with Crippen molar-refractivity contribution >= 4 is 34.5 Å². The Morgan fingerprint density at radius 1 is 1.44 bits per heavy atom. The molecule has 1 N–H and O–H groups in total. The van der Waals surface area contributed by atoms with Gasteiger partial charge in [-0.3, -0.25) is 14.9 Å². The van der Waals surface area contributed by atoms with Crippen molar-refractivity contribution in [2.45, 2.75) is 6.92 Å². The number of carbonyl (C=O) groups is 1. The van der Waals surface area contributed by atoms with Crippen molar-refractivity contribution in [3.8, 4) is 5.75 Å². The Morgan fingerprint density at radius 3 is 2.96 bits per heavy atom. The van der Waals surface area contributed by atoms with Gasteiger partial charge in [-0.05, 0) is 25.1 Å². The SMILES string of the molecule is Cc1cn2cccc(OCC(=O)Nc3ccc([N+](=O)[O-])cc3Cl)c2n1. The number of imidazole rings is 1. The number of nitro benzene ring substituents is 1. The highest BCUT2D eigenvalue weighted by molar-refractivity contribution is 6.34. The van der Waals surface area contributed by atoms with Gasteiger partial charge >= 0.3 is 0 Å². The van der Waals surface area contributed by atoms with E-state index < -0.39 is 10.8 Å². The molecular weight excluding hydrogens is 348 g/mol. The first-order chi connectivity index (χ1) is 11.9. The Balaban J connectivity index is 1.67. The number of nitrogens with zero attached hydrogens (tertiary/aromatic N) is 3. The van der Waals surface area contributed by atoms with Crippen LogP contribution in [-0.4, -0.2) is 26.8 Å². The quantitative estimate of drug-likeness (QED) is 0.556. The number of amides is 1. The van der Waals surface area contributed by atoms with Gasteiger partial charge in [-0.25, -0.2) is 4.98 Å². The number of nitro groups is 1. The number of halogens is 1. The molecule has 0 radical (unpaired) electrons. The molecule has 128 valence electrons. The lowest BCUT2D eigenvalue weighted by molar-refractivity contribution is -0.384. The molecule has 1 amide bonds. The molecule has 2 aromatic heterocycles. The highest BCUT2D eigenvalue weighted by Crippen LogP contribution is 2.26. The Kier molecular flexibility index (Phi) is 4.53. The van der Waals surface area contributed by atoms with Gasteiger partial charge in [0.25, 0.3) is 11.6 Å². The molecule has 9 heteroatoms. The molecule has 3 rings (SSSR count). The van der Waals surface area contributed by atoms with Crippen LogP contribution in [0.2, 0.25) is 5.02 Å². The van der Waals surface area contributed by atoms with Gasteiger partial charge in [0, 0.05) is 24.5 Å². The lowest BCUT2D eigenvalue weighted by Crippen LogP contribution is -2.20. The fourth-order valence-electron chi connectivity index (χ4n) is 2.27. The predicted molar refractivity (Wildman–Crippen MR) is 92.2 cm³/mol. The number of hydrogen-bond donors (Lipinski definition) is 1. The standard InChI is InChI=1S/C16H13ClN4O4/c1-10-8-20-6-2-3-14(16(20)18-10)25-9-15(22)19-13-5-4-11(21(23)24)7-12(13)17/h2-8H,9H2,1H3,(H,19,22). The molecule has 0 aliphatic rings. The number of hydrogen-bond acceptors (Lipinski definition) is 5. The lowest BCUT2D eigenvalue weighted by Gasteiger charge is -2.09. The summed E-state index contributed by atoms with van der Waals surface area (Å²) in [6.07, 6.45) is 3.68. The number of nitrogens with one attached hydrogen (secondary N) is 1. The first kappa shape index (κ1) is 16.7. The minimum Gasteiger partial charge on any atom is -0.480 e. The topological polar surface area (TPSA) is 98.8 Å². The molecule has 0 saturated heterocycles. The number of rotatable bonds is 5. The second-order valence-electron chi connectivity index (χ2n) is 5.24. The lowest BCUT2D eigenvalue weighted by atomic mass is 10.3. The van der Waals surface area contributed by atoms with Crippen LogP contribution in [0.3, 0.4) is 0 Å². The minimum absolute atomic E-state index is 0.0773. The summed E-state index contributed by atoms with van der Waals surface area (Å²) >= 11 is 5.94. The first-order valence-electron chi connectivity index (χ1n) is 7.25. The fourth-order valence-corrected chi connectivity index (χ4v) is 2.49. The zero-order chi connectivity index (χ0) is 18.0. The average molecular weight is 361 g/mol. The van der Waals surface area contributed by atoms with E-state index in [0.29, 0.717) is 11.4 Å². The zero-order valence-corrected chi connectivity index (χ0v) is 13.9. The van der Waals surface area contributed by atoms with Crippen LogP contribution in [0.4, 0.5) is 11.4 Å². The largest absolute Gasteiger partial charge is 0.480 e. The molecule has 0 fully saturated rings. The highest BCUT2D eigenvalue weighted by Gasteiger charge is 2.13. The van der Waals surface area contributed by atoms with E-state index in [4.69, 9.17) is 16.3 Å². The van der Waals surface area contributed by atoms with Gasteiger partial charge < -0.3 is 14.5 Å². The molecule has 0 atom stereocenters. The maximum Gasteiger partial charge on any atom is 0.271 e. The first-order valence-corrected chi connectivity index (χ1v) is 7.63. The van der Waals surface area contributed by atoms with Gasteiger partial charge in [0.2, 0.25) is 0 Å². The van der Waals surface area contributed by atoms with Gasteiger partial charge in [-0.2, -0.15) is 0 Å². The smallest absolute Gasteiger partial charge is 0.271 e. The normalized spacial score (nSPS) is 10.6. The number of benzene rings is 1. The molecule has 0 saturated carbocycles. The third-order valence-corrected chi connectivity index (χ3v) is 3.68. The molecule has 1 aromatic carbocycles. The summed E-state index contributed by atoms with van der Waals surface area (Å²) in [5, 5.41) is 13.3. The molecule has 0 spiro atoms. The molecule has 3 aromatic rings. The van der Waals surface area contributed by atoms with Crippen molar-refractivity contribution < 1.29 is 14.5 Å². The van der Waals surface area contributed by atoms with Crippen LogP contribution in [0.1, 0.15) is 5.69 Å². The second-order valence-corrected chi connectivity index (χ2v) is 5.65. The highest BCUT2D eigenvalue weighted by atomic mass is 35.5. The summed E-state index contributed by atoms with van der Waals surface area (Å²) in [5.74, 6) is 0.0292. The van der Waals surface area contributed by atoms with E-state index >= 15 is 0 Å². The second kappa shape index (κ2) is 6.78. The zero-order valence-electron chi connectivity index (χ0n) is 13.1. The Bertz CT molecular complexity index is 970. The van der Waals surface area contributed by atoms with Crippen LogP contribution in [-0.2, 0) is 4.79 Å². The number of fused-ring (bicyclic) bond motifs is 1. The van der Waals surface area contributed by atoms with Gasteiger partial charge in [0.15, 0.2) is 18.0 Å². The molecule has 0 aliphatic heterocycles. The van der Waals surface area contributed by atoms with Crippen molar-refractivity contribution in [2.24, 2.45) is 0 Å². The van der Waals surface area contributed by atoms with Gasteiger partial charge in [-0.15, -0.1) is 0 Å². The number of pyridine rings is 1. The molecule has 8 nitrogen and oxygen atoms in total. The Morgan fingerprint density at radius 2 is 2.24 bits per heavy atom. The summed E-state index contributed by atoms with van der Waals surface area (Å²) in [6.45, 7) is 1.61. The van der Waals surface area contributed by atoms with Gasteiger partial charge in [0.05, 0.1) is 21.3 Å². The summed E-state index contributed by atoms with van der Waals surface area (Å²) < 4.78 is 7.32. The maximum absolute atomic E-state index is 12.0. The summed E-state index contributed by atoms with van der Waals surface area (Å²) in [4.78, 5) is 26.5. The van der Waals surface area contributed by atoms with Crippen molar-refractivity contribution in [3.63, 3.8) is 0 Å². The van der Waals surface area contributed by atoms with Crippen molar-refractivity contribution in [1.82, 2.24) is 9.38 Å².